The monoisotopic (exact) mass is 378 g/mol. The van der Waals surface area contributed by atoms with Crippen LogP contribution in [0.2, 0.25) is 0 Å². The molecule has 148 valence electrons. The summed E-state index contributed by atoms with van der Waals surface area (Å²) in [6.07, 6.45) is 1.57. The third-order valence-electron chi connectivity index (χ3n) is 5.55. The number of carbonyl (C=O) groups excluding carboxylic acids is 1. The van der Waals surface area contributed by atoms with Crippen LogP contribution in [0.15, 0.2) is 29.4 Å². The Kier molecular flexibility index (Phi) is 5.54. The molecule has 0 bridgehead atoms. The van der Waals surface area contributed by atoms with E-state index in [1.807, 2.05) is 0 Å². The van der Waals surface area contributed by atoms with Gasteiger partial charge in [-0.1, -0.05) is 43.3 Å². The molecule has 4 nitrogen and oxygen atoms in total. The second-order valence-corrected chi connectivity index (χ2v) is 8.22. The summed E-state index contributed by atoms with van der Waals surface area (Å²) in [6.45, 7) is 6.24. The minimum atomic E-state index is -2.80. The molecule has 6 heteroatoms. The Morgan fingerprint density at radius 3 is 2.44 bits per heavy atom. The van der Waals surface area contributed by atoms with Crippen molar-refractivity contribution >= 4 is 11.6 Å². The predicted molar refractivity (Wildman–Crippen MR) is 101 cm³/mol. The Morgan fingerprint density at radius 2 is 1.89 bits per heavy atom. The Hall–Kier alpha value is -1.98. The van der Waals surface area contributed by atoms with Crippen molar-refractivity contribution in [1.82, 2.24) is 4.90 Å². The molecule has 1 fully saturated rings. The largest absolute Gasteiger partial charge is 0.388 e. The summed E-state index contributed by atoms with van der Waals surface area (Å²) in [5.74, 6) is -2.51. The molecule has 0 aliphatic carbocycles. The highest BCUT2D eigenvalue weighted by molar-refractivity contribution is 6.01. The zero-order chi connectivity index (χ0) is 19.7. The molecule has 0 radical (unpaired) electrons. The van der Waals surface area contributed by atoms with Crippen LogP contribution in [0.25, 0.3) is 0 Å². The average Bonchev–Trinajstić information content (AvgIpc) is 3.03. The Morgan fingerprint density at radius 1 is 1.26 bits per heavy atom. The predicted octanol–water partition coefficient (Wildman–Crippen LogP) is 4.73. The molecule has 1 aromatic rings. The van der Waals surface area contributed by atoms with E-state index in [0.717, 1.165) is 24.6 Å². The summed E-state index contributed by atoms with van der Waals surface area (Å²) in [4.78, 5) is 19.6. The number of halogens is 2. The van der Waals surface area contributed by atoms with Gasteiger partial charge in [-0.15, -0.1) is 0 Å². The molecule has 2 heterocycles. The fourth-order valence-corrected chi connectivity index (χ4v) is 3.65. The first-order valence-electron chi connectivity index (χ1n) is 9.68. The van der Waals surface area contributed by atoms with Gasteiger partial charge in [0, 0.05) is 45.2 Å². The van der Waals surface area contributed by atoms with Crippen LogP contribution in [0.5, 0.6) is 0 Å². The number of alkyl halides is 2. The highest BCUT2D eigenvalue weighted by Crippen LogP contribution is 2.36. The molecule has 1 spiro atoms. The van der Waals surface area contributed by atoms with Crippen molar-refractivity contribution in [3.8, 4) is 0 Å². The van der Waals surface area contributed by atoms with Crippen LogP contribution in [0, 0.1) is 0 Å². The summed E-state index contributed by atoms with van der Waals surface area (Å²) < 4.78 is 25.9. The molecule has 2 aliphatic heterocycles. The van der Waals surface area contributed by atoms with Gasteiger partial charge in [0.2, 0.25) is 11.8 Å². The lowest BCUT2D eigenvalue weighted by Crippen LogP contribution is -2.47. The number of oxime groups is 1. The first-order valence-corrected chi connectivity index (χ1v) is 9.68. The smallest absolute Gasteiger partial charge is 0.245 e. The van der Waals surface area contributed by atoms with Crippen LogP contribution >= 0.6 is 0 Å². The van der Waals surface area contributed by atoms with Crippen molar-refractivity contribution in [3.05, 3.63) is 35.4 Å². The van der Waals surface area contributed by atoms with Crippen LogP contribution in [-0.2, 0) is 9.63 Å². The highest BCUT2D eigenvalue weighted by Gasteiger charge is 2.43. The zero-order valence-electron chi connectivity index (χ0n) is 16.3. The number of hydrogen-bond acceptors (Lipinski definition) is 3. The Bertz CT molecular complexity index is 700. The molecule has 3 rings (SSSR count). The average molecular weight is 378 g/mol. The zero-order valence-corrected chi connectivity index (χ0v) is 16.3. The number of piperidine rings is 1. The number of benzene rings is 1. The van der Waals surface area contributed by atoms with E-state index >= 15 is 0 Å². The normalized spacial score (nSPS) is 19.3. The maximum Gasteiger partial charge on any atom is 0.245 e. The van der Waals surface area contributed by atoms with Gasteiger partial charge < -0.3 is 9.74 Å². The minimum absolute atomic E-state index is 0.110. The van der Waals surface area contributed by atoms with Gasteiger partial charge in [-0.05, 0) is 24.0 Å². The fourth-order valence-electron chi connectivity index (χ4n) is 3.65. The van der Waals surface area contributed by atoms with E-state index in [4.69, 9.17) is 4.84 Å². The van der Waals surface area contributed by atoms with Gasteiger partial charge in [0.15, 0.2) is 0 Å². The van der Waals surface area contributed by atoms with Crippen molar-refractivity contribution in [3.63, 3.8) is 0 Å². The SMILES string of the molecule is CC(C)c1ccc(C2=NOC3(CCN(C(=O)CCC(C)(F)F)CC3)C2)cc1. The van der Waals surface area contributed by atoms with Crippen LogP contribution in [0.1, 0.15) is 69.9 Å². The van der Waals surface area contributed by atoms with Crippen LogP contribution in [0.4, 0.5) is 8.78 Å². The van der Waals surface area contributed by atoms with Gasteiger partial charge in [-0.3, -0.25) is 4.79 Å². The molecule has 0 unspecified atom stereocenters. The van der Waals surface area contributed by atoms with E-state index in [1.165, 1.54) is 5.56 Å². The number of amides is 1. The van der Waals surface area contributed by atoms with Gasteiger partial charge in [-0.2, -0.15) is 0 Å². The van der Waals surface area contributed by atoms with E-state index in [0.29, 0.717) is 31.8 Å². The first kappa shape index (κ1) is 19.8. The molecular weight excluding hydrogens is 350 g/mol. The number of carbonyl (C=O) groups is 1. The van der Waals surface area contributed by atoms with E-state index < -0.39 is 12.3 Å². The van der Waals surface area contributed by atoms with Crippen molar-refractivity contribution in [1.29, 1.82) is 0 Å². The molecule has 1 aromatic carbocycles. The third kappa shape index (κ3) is 4.85. The molecule has 0 saturated carbocycles. The second kappa shape index (κ2) is 7.56. The Balaban J connectivity index is 1.53. The number of hydrogen-bond donors (Lipinski definition) is 0. The standard InChI is InChI=1S/C21H28F2N2O2/c1-15(2)16-4-6-17(7-5-16)18-14-21(27-24-18)10-12-25(13-11-21)19(26)8-9-20(3,22)23/h4-7,15H,8-14H2,1-3H3. The van der Waals surface area contributed by atoms with E-state index in [1.54, 1.807) is 4.90 Å². The number of rotatable bonds is 5. The molecule has 0 aromatic heterocycles. The number of nitrogens with zero attached hydrogens (tertiary/aromatic N) is 2. The van der Waals surface area contributed by atoms with E-state index in [2.05, 4.69) is 43.3 Å². The minimum Gasteiger partial charge on any atom is -0.388 e. The molecule has 1 amide bonds. The van der Waals surface area contributed by atoms with Crippen LogP contribution in [0.3, 0.4) is 0 Å². The summed E-state index contributed by atoms with van der Waals surface area (Å²) in [6, 6.07) is 8.41. The lowest BCUT2D eigenvalue weighted by atomic mass is 9.85. The van der Waals surface area contributed by atoms with Crippen molar-refractivity contribution in [2.75, 3.05) is 13.1 Å². The van der Waals surface area contributed by atoms with E-state index in [-0.39, 0.29) is 17.9 Å². The second-order valence-electron chi connectivity index (χ2n) is 8.22. The Labute approximate surface area is 159 Å². The molecule has 1 saturated heterocycles. The topological polar surface area (TPSA) is 41.9 Å². The summed E-state index contributed by atoms with van der Waals surface area (Å²) in [5, 5.41) is 4.31. The van der Waals surface area contributed by atoms with Crippen molar-refractivity contribution < 1.29 is 18.4 Å². The maximum absolute atomic E-state index is 13.0. The van der Waals surface area contributed by atoms with Gasteiger partial charge in [-0.25, -0.2) is 8.78 Å². The van der Waals surface area contributed by atoms with E-state index in [9.17, 15) is 13.6 Å². The third-order valence-corrected chi connectivity index (χ3v) is 5.55. The van der Waals surface area contributed by atoms with Gasteiger partial charge in [0.1, 0.15) is 5.60 Å². The quantitative estimate of drug-likeness (QED) is 0.743. The van der Waals surface area contributed by atoms with Gasteiger partial charge in [0.25, 0.3) is 0 Å². The van der Waals surface area contributed by atoms with Crippen molar-refractivity contribution in [2.24, 2.45) is 5.16 Å². The van der Waals surface area contributed by atoms with Gasteiger partial charge in [0.05, 0.1) is 5.71 Å². The molecular formula is C21H28F2N2O2. The number of likely N-dealkylation sites (tertiary alicyclic amines) is 1. The molecule has 0 N–H and O–H groups in total. The molecule has 27 heavy (non-hydrogen) atoms. The fraction of sp³-hybridized carbons (Fsp3) is 0.619. The van der Waals surface area contributed by atoms with Crippen LogP contribution in [-0.4, -0.2) is 41.1 Å². The molecule has 0 atom stereocenters. The highest BCUT2D eigenvalue weighted by atomic mass is 19.3. The lowest BCUT2D eigenvalue weighted by Gasteiger charge is -2.37. The van der Waals surface area contributed by atoms with Crippen LogP contribution < -0.4 is 0 Å². The summed E-state index contributed by atoms with van der Waals surface area (Å²) >= 11 is 0. The maximum atomic E-state index is 13.0. The summed E-state index contributed by atoms with van der Waals surface area (Å²) in [7, 11) is 0. The first-order chi connectivity index (χ1) is 12.7. The lowest BCUT2D eigenvalue weighted by molar-refractivity contribution is -0.138. The summed E-state index contributed by atoms with van der Waals surface area (Å²) in [5.41, 5.74) is 2.94. The molecule has 2 aliphatic rings. The van der Waals surface area contributed by atoms with Gasteiger partial charge >= 0.3 is 0 Å². The van der Waals surface area contributed by atoms with Crippen molar-refractivity contribution in [2.45, 2.75) is 70.3 Å².